The summed E-state index contributed by atoms with van der Waals surface area (Å²) in [4.78, 5) is 18.3. The maximum Gasteiger partial charge on any atom is 0.0705 e. The first-order valence-electron chi connectivity index (χ1n) is 9.33. The molecule has 5 nitrogen and oxygen atoms in total. The highest BCUT2D eigenvalue weighted by Gasteiger charge is 2.18. The standard InChI is InChI=1S/C21H25N5/c1-17-19(14-18-4-2-3-5-21(18)24-17)16-26-12-10-25(11-13-26)9-6-20-15-22-7-8-23-20/h2-5,7-8,14-15H,6,9-13,16H2,1H3. The molecule has 0 spiro atoms. The molecule has 26 heavy (non-hydrogen) atoms. The van der Waals surface area contributed by atoms with Gasteiger partial charge in [-0.3, -0.25) is 19.9 Å². The molecule has 4 rings (SSSR count). The van der Waals surface area contributed by atoms with Gasteiger partial charge in [-0.05, 0) is 24.6 Å². The molecule has 0 radical (unpaired) electrons. The highest BCUT2D eigenvalue weighted by molar-refractivity contribution is 5.79. The van der Waals surface area contributed by atoms with E-state index < -0.39 is 0 Å². The second kappa shape index (κ2) is 7.89. The first-order chi connectivity index (χ1) is 12.8. The average molecular weight is 347 g/mol. The second-order valence-electron chi connectivity index (χ2n) is 6.99. The first-order valence-corrected chi connectivity index (χ1v) is 9.33. The molecule has 0 N–H and O–H groups in total. The molecule has 2 aromatic heterocycles. The molecule has 134 valence electrons. The van der Waals surface area contributed by atoms with Crippen molar-refractivity contribution in [2.24, 2.45) is 0 Å². The van der Waals surface area contributed by atoms with Crippen molar-refractivity contribution in [2.45, 2.75) is 19.9 Å². The third-order valence-electron chi connectivity index (χ3n) is 5.18. The number of fused-ring (bicyclic) bond motifs is 1. The number of hydrogen-bond acceptors (Lipinski definition) is 5. The lowest BCUT2D eigenvalue weighted by Crippen LogP contribution is -2.46. The number of pyridine rings is 1. The number of para-hydroxylation sites is 1. The molecule has 0 atom stereocenters. The van der Waals surface area contributed by atoms with Crippen LogP contribution in [0.15, 0.2) is 48.9 Å². The molecule has 1 aromatic carbocycles. The number of hydrogen-bond donors (Lipinski definition) is 0. The van der Waals surface area contributed by atoms with Crippen molar-refractivity contribution in [3.63, 3.8) is 0 Å². The summed E-state index contributed by atoms with van der Waals surface area (Å²) in [6.45, 7) is 8.60. The van der Waals surface area contributed by atoms with Crippen LogP contribution >= 0.6 is 0 Å². The topological polar surface area (TPSA) is 45.2 Å². The summed E-state index contributed by atoms with van der Waals surface area (Å²) in [5.74, 6) is 0. The van der Waals surface area contributed by atoms with E-state index in [0.29, 0.717) is 0 Å². The molecule has 3 aromatic rings. The van der Waals surface area contributed by atoms with Crippen molar-refractivity contribution in [3.8, 4) is 0 Å². The second-order valence-corrected chi connectivity index (χ2v) is 6.99. The van der Waals surface area contributed by atoms with Gasteiger partial charge in [-0.15, -0.1) is 0 Å². The fourth-order valence-corrected chi connectivity index (χ4v) is 3.56. The Hall–Kier alpha value is -2.37. The number of rotatable bonds is 5. The van der Waals surface area contributed by atoms with E-state index in [1.54, 1.807) is 12.4 Å². The molecule has 1 saturated heterocycles. The summed E-state index contributed by atoms with van der Waals surface area (Å²) in [7, 11) is 0. The molecule has 0 bridgehead atoms. The smallest absolute Gasteiger partial charge is 0.0705 e. The lowest BCUT2D eigenvalue weighted by Gasteiger charge is -2.34. The summed E-state index contributed by atoms with van der Waals surface area (Å²) in [5, 5.41) is 1.23. The fraction of sp³-hybridized carbons (Fsp3) is 0.381. The third-order valence-corrected chi connectivity index (χ3v) is 5.18. The van der Waals surface area contributed by atoms with Crippen LogP contribution in [0.2, 0.25) is 0 Å². The van der Waals surface area contributed by atoms with Crippen LogP contribution in [0.4, 0.5) is 0 Å². The van der Waals surface area contributed by atoms with Crippen molar-refractivity contribution in [1.29, 1.82) is 0 Å². The lowest BCUT2D eigenvalue weighted by molar-refractivity contribution is 0.128. The summed E-state index contributed by atoms with van der Waals surface area (Å²) in [6, 6.07) is 10.7. The van der Waals surface area contributed by atoms with Crippen LogP contribution in [0.1, 0.15) is 17.0 Å². The van der Waals surface area contributed by atoms with Gasteiger partial charge >= 0.3 is 0 Å². The Morgan fingerprint density at radius 2 is 1.81 bits per heavy atom. The van der Waals surface area contributed by atoms with Crippen LogP contribution in [-0.2, 0) is 13.0 Å². The zero-order valence-corrected chi connectivity index (χ0v) is 15.3. The van der Waals surface area contributed by atoms with E-state index in [2.05, 4.69) is 57.0 Å². The molecule has 5 heteroatoms. The summed E-state index contributed by atoms with van der Waals surface area (Å²) < 4.78 is 0. The predicted molar refractivity (Wildman–Crippen MR) is 104 cm³/mol. The van der Waals surface area contributed by atoms with E-state index in [1.807, 2.05) is 6.20 Å². The van der Waals surface area contributed by atoms with E-state index in [0.717, 1.165) is 62.6 Å². The van der Waals surface area contributed by atoms with Gasteiger partial charge < -0.3 is 4.90 Å². The summed E-state index contributed by atoms with van der Waals surface area (Å²) in [6.07, 6.45) is 6.34. The zero-order valence-electron chi connectivity index (χ0n) is 15.3. The molecule has 0 unspecified atom stereocenters. The fourth-order valence-electron chi connectivity index (χ4n) is 3.56. The highest BCUT2D eigenvalue weighted by Crippen LogP contribution is 2.18. The molecule has 0 aliphatic carbocycles. The Kier molecular flexibility index (Phi) is 5.18. The van der Waals surface area contributed by atoms with Gasteiger partial charge in [0.05, 0.1) is 11.2 Å². The first kappa shape index (κ1) is 17.1. The highest BCUT2D eigenvalue weighted by atomic mass is 15.3. The minimum atomic E-state index is 0.974. The van der Waals surface area contributed by atoms with Gasteiger partial charge in [0.1, 0.15) is 0 Å². The number of aromatic nitrogens is 3. The van der Waals surface area contributed by atoms with Crippen LogP contribution in [0.25, 0.3) is 10.9 Å². The van der Waals surface area contributed by atoms with E-state index >= 15 is 0 Å². The third kappa shape index (κ3) is 4.06. The number of nitrogens with zero attached hydrogens (tertiary/aromatic N) is 5. The molecule has 3 heterocycles. The SMILES string of the molecule is Cc1nc2ccccc2cc1CN1CCN(CCc2cnccn2)CC1. The van der Waals surface area contributed by atoms with Gasteiger partial charge in [0.2, 0.25) is 0 Å². The van der Waals surface area contributed by atoms with E-state index in [-0.39, 0.29) is 0 Å². The Morgan fingerprint density at radius 3 is 2.62 bits per heavy atom. The Bertz CT molecular complexity index is 857. The van der Waals surface area contributed by atoms with Crippen LogP contribution in [0.5, 0.6) is 0 Å². The van der Waals surface area contributed by atoms with Crippen molar-refractivity contribution < 1.29 is 0 Å². The van der Waals surface area contributed by atoms with E-state index in [1.165, 1.54) is 10.9 Å². The van der Waals surface area contributed by atoms with Gasteiger partial charge in [-0.2, -0.15) is 0 Å². The van der Waals surface area contributed by atoms with Gasteiger partial charge in [0, 0.05) is 75.4 Å². The summed E-state index contributed by atoms with van der Waals surface area (Å²) in [5.41, 5.74) is 4.65. The van der Waals surface area contributed by atoms with Crippen LogP contribution in [0.3, 0.4) is 0 Å². The molecular formula is C21H25N5. The predicted octanol–water partition coefficient (Wildman–Crippen LogP) is 2.69. The van der Waals surface area contributed by atoms with E-state index in [4.69, 9.17) is 4.98 Å². The lowest BCUT2D eigenvalue weighted by atomic mass is 10.1. The largest absolute Gasteiger partial charge is 0.300 e. The van der Waals surface area contributed by atoms with Crippen LogP contribution in [0, 0.1) is 6.92 Å². The molecule has 1 aliphatic rings. The maximum atomic E-state index is 4.77. The quantitative estimate of drug-likeness (QED) is 0.710. The Labute approximate surface area is 154 Å². The van der Waals surface area contributed by atoms with Gasteiger partial charge in [0.25, 0.3) is 0 Å². The van der Waals surface area contributed by atoms with Crippen molar-refractivity contribution in [3.05, 3.63) is 65.9 Å². The Morgan fingerprint density at radius 1 is 1.00 bits per heavy atom. The Balaban J connectivity index is 1.32. The van der Waals surface area contributed by atoms with Crippen LogP contribution < -0.4 is 0 Å². The summed E-state index contributed by atoms with van der Waals surface area (Å²) >= 11 is 0. The average Bonchev–Trinajstić information content (AvgIpc) is 2.69. The van der Waals surface area contributed by atoms with E-state index in [9.17, 15) is 0 Å². The molecule has 1 aliphatic heterocycles. The number of piperazine rings is 1. The normalized spacial score (nSPS) is 16.2. The zero-order chi connectivity index (χ0) is 17.8. The molecule has 0 amide bonds. The van der Waals surface area contributed by atoms with Gasteiger partial charge in [-0.25, -0.2) is 0 Å². The van der Waals surface area contributed by atoms with Crippen LogP contribution in [-0.4, -0.2) is 57.5 Å². The van der Waals surface area contributed by atoms with Crippen molar-refractivity contribution in [1.82, 2.24) is 24.8 Å². The molecular weight excluding hydrogens is 322 g/mol. The monoisotopic (exact) mass is 347 g/mol. The minimum absolute atomic E-state index is 0.974. The number of aryl methyl sites for hydroxylation is 1. The van der Waals surface area contributed by atoms with Gasteiger partial charge in [0.15, 0.2) is 0 Å². The maximum absolute atomic E-state index is 4.77. The molecule has 1 fully saturated rings. The minimum Gasteiger partial charge on any atom is -0.300 e. The molecule has 0 saturated carbocycles. The van der Waals surface area contributed by atoms with Crippen molar-refractivity contribution >= 4 is 10.9 Å². The van der Waals surface area contributed by atoms with Gasteiger partial charge in [-0.1, -0.05) is 18.2 Å². The number of benzene rings is 1. The van der Waals surface area contributed by atoms with Crippen molar-refractivity contribution in [2.75, 3.05) is 32.7 Å².